The van der Waals surface area contributed by atoms with Crippen molar-refractivity contribution in [3.8, 4) is 0 Å². The quantitative estimate of drug-likeness (QED) is 0.628. The number of aryl methyl sites for hydroxylation is 1. The van der Waals surface area contributed by atoms with Gasteiger partial charge < -0.3 is 5.11 Å². The molecule has 1 rings (SSSR count). The van der Waals surface area contributed by atoms with E-state index in [1.807, 2.05) is 32.0 Å². The van der Waals surface area contributed by atoms with Gasteiger partial charge in [0.2, 0.25) is 0 Å². The largest absolute Gasteiger partial charge is 0.478 e. The number of aliphatic carboxylic acids is 1. The number of thioether (sulfide) groups is 1. The fourth-order valence-corrected chi connectivity index (χ4v) is 2.08. The summed E-state index contributed by atoms with van der Waals surface area (Å²) in [6.45, 7) is 3.88. The van der Waals surface area contributed by atoms with Gasteiger partial charge in [0.25, 0.3) is 0 Å². The third-order valence-corrected chi connectivity index (χ3v) is 3.01. The SMILES string of the molecule is CC(=CC(=O)O)CSc1cccc(C)c1. The Bertz CT molecular complexity index is 383. The van der Waals surface area contributed by atoms with Crippen LogP contribution in [0, 0.1) is 6.92 Å². The van der Waals surface area contributed by atoms with E-state index < -0.39 is 5.97 Å². The monoisotopic (exact) mass is 222 g/mol. The molecule has 0 aromatic heterocycles. The highest BCUT2D eigenvalue weighted by molar-refractivity contribution is 7.99. The van der Waals surface area contributed by atoms with Crippen molar-refractivity contribution in [1.82, 2.24) is 0 Å². The van der Waals surface area contributed by atoms with Crippen molar-refractivity contribution >= 4 is 17.7 Å². The second-order valence-corrected chi connectivity index (χ2v) is 4.48. The highest BCUT2D eigenvalue weighted by Crippen LogP contribution is 2.21. The van der Waals surface area contributed by atoms with Crippen LogP contribution < -0.4 is 0 Å². The molecule has 0 radical (unpaired) electrons. The smallest absolute Gasteiger partial charge is 0.328 e. The Hall–Kier alpha value is -1.22. The van der Waals surface area contributed by atoms with Gasteiger partial charge in [-0.2, -0.15) is 0 Å². The van der Waals surface area contributed by atoms with E-state index >= 15 is 0 Å². The summed E-state index contributed by atoms with van der Waals surface area (Å²) in [5.41, 5.74) is 2.09. The van der Waals surface area contributed by atoms with E-state index in [1.54, 1.807) is 11.8 Å². The molecule has 2 nitrogen and oxygen atoms in total. The van der Waals surface area contributed by atoms with Crippen LogP contribution in [0.4, 0.5) is 0 Å². The molecule has 0 fully saturated rings. The normalized spacial score (nSPS) is 11.5. The fraction of sp³-hybridized carbons (Fsp3) is 0.250. The minimum absolute atomic E-state index is 0.718. The van der Waals surface area contributed by atoms with Gasteiger partial charge in [0.05, 0.1) is 0 Å². The molecular weight excluding hydrogens is 208 g/mol. The second-order valence-electron chi connectivity index (χ2n) is 3.43. The van der Waals surface area contributed by atoms with Crippen molar-refractivity contribution < 1.29 is 9.90 Å². The van der Waals surface area contributed by atoms with Gasteiger partial charge in [-0.15, -0.1) is 11.8 Å². The van der Waals surface area contributed by atoms with E-state index in [0.717, 1.165) is 11.3 Å². The molecule has 0 unspecified atom stereocenters. The molecule has 1 aromatic rings. The number of carbonyl (C=O) groups is 1. The first-order chi connectivity index (χ1) is 7.08. The summed E-state index contributed by atoms with van der Waals surface area (Å²) in [6, 6.07) is 8.18. The highest BCUT2D eigenvalue weighted by atomic mass is 32.2. The minimum Gasteiger partial charge on any atom is -0.478 e. The molecule has 0 aliphatic carbocycles. The van der Waals surface area contributed by atoms with Gasteiger partial charge in [-0.05, 0) is 26.0 Å². The molecule has 0 atom stereocenters. The molecule has 0 spiro atoms. The fourth-order valence-electron chi connectivity index (χ4n) is 1.15. The molecule has 0 saturated carbocycles. The lowest BCUT2D eigenvalue weighted by Crippen LogP contribution is -1.91. The van der Waals surface area contributed by atoms with Gasteiger partial charge in [0.1, 0.15) is 0 Å². The lowest BCUT2D eigenvalue weighted by molar-refractivity contribution is -0.131. The molecule has 0 aliphatic heterocycles. The molecule has 1 N–H and O–H groups in total. The third-order valence-electron chi connectivity index (χ3n) is 1.83. The Morgan fingerprint density at radius 1 is 1.53 bits per heavy atom. The van der Waals surface area contributed by atoms with Crippen LogP contribution in [-0.4, -0.2) is 16.8 Å². The first-order valence-corrected chi connectivity index (χ1v) is 5.66. The molecule has 3 heteroatoms. The van der Waals surface area contributed by atoms with Crippen molar-refractivity contribution in [2.75, 3.05) is 5.75 Å². The van der Waals surface area contributed by atoms with Crippen LogP contribution in [0.15, 0.2) is 40.8 Å². The summed E-state index contributed by atoms with van der Waals surface area (Å²) in [4.78, 5) is 11.6. The van der Waals surface area contributed by atoms with Gasteiger partial charge in [0.15, 0.2) is 0 Å². The topological polar surface area (TPSA) is 37.3 Å². The number of rotatable bonds is 4. The van der Waals surface area contributed by atoms with E-state index in [0.29, 0.717) is 0 Å². The maximum atomic E-state index is 10.4. The van der Waals surface area contributed by atoms with E-state index in [2.05, 4.69) is 6.07 Å². The molecule has 15 heavy (non-hydrogen) atoms. The first kappa shape index (κ1) is 11.9. The maximum Gasteiger partial charge on any atom is 0.328 e. The van der Waals surface area contributed by atoms with Gasteiger partial charge in [0, 0.05) is 16.7 Å². The van der Waals surface area contributed by atoms with E-state index in [4.69, 9.17) is 5.11 Å². The van der Waals surface area contributed by atoms with E-state index in [1.165, 1.54) is 16.5 Å². The molecule has 0 aliphatic rings. The van der Waals surface area contributed by atoms with Crippen LogP contribution in [0.1, 0.15) is 12.5 Å². The lowest BCUT2D eigenvalue weighted by Gasteiger charge is -2.02. The van der Waals surface area contributed by atoms with Crippen molar-refractivity contribution in [2.45, 2.75) is 18.7 Å². The van der Waals surface area contributed by atoms with Gasteiger partial charge in [-0.25, -0.2) is 4.79 Å². The number of carboxylic acids is 1. The number of carboxylic acid groups (broad SMARTS) is 1. The second kappa shape index (κ2) is 5.61. The van der Waals surface area contributed by atoms with Crippen LogP contribution in [-0.2, 0) is 4.79 Å². The predicted molar refractivity (Wildman–Crippen MR) is 63.3 cm³/mol. The van der Waals surface area contributed by atoms with Crippen molar-refractivity contribution in [2.24, 2.45) is 0 Å². The van der Waals surface area contributed by atoms with Gasteiger partial charge in [-0.1, -0.05) is 23.3 Å². The Morgan fingerprint density at radius 3 is 2.87 bits per heavy atom. The summed E-state index contributed by atoms with van der Waals surface area (Å²) < 4.78 is 0. The Labute approximate surface area is 94.0 Å². The number of benzene rings is 1. The third kappa shape index (κ3) is 4.70. The molecule has 1 aromatic carbocycles. The summed E-state index contributed by atoms with van der Waals surface area (Å²) >= 11 is 1.65. The molecule has 0 saturated heterocycles. The highest BCUT2D eigenvalue weighted by Gasteiger charge is 1.97. The van der Waals surface area contributed by atoms with E-state index in [-0.39, 0.29) is 0 Å². The summed E-state index contributed by atoms with van der Waals surface area (Å²) in [6.07, 6.45) is 1.25. The summed E-state index contributed by atoms with van der Waals surface area (Å²) in [7, 11) is 0. The Balaban J connectivity index is 2.54. The Kier molecular flexibility index (Phi) is 4.43. The van der Waals surface area contributed by atoms with Gasteiger partial charge >= 0.3 is 5.97 Å². The van der Waals surface area contributed by atoms with Crippen LogP contribution in [0.2, 0.25) is 0 Å². The molecular formula is C12H14O2S. The Morgan fingerprint density at radius 2 is 2.27 bits per heavy atom. The van der Waals surface area contributed by atoms with Crippen LogP contribution >= 0.6 is 11.8 Å². The minimum atomic E-state index is -0.877. The van der Waals surface area contributed by atoms with Crippen molar-refractivity contribution in [3.63, 3.8) is 0 Å². The van der Waals surface area contributed by atoms with Crippen molar-refractivity contribution in [1.29, 1.82) is 0 Å². The first-order valence-electron chi connectivity index (χ1n) is 4.67. The van der Waals surface area contributed by atoms with Crippen molar-refractivity contribution in [3.05, 3.63) is 41.5 Å². The van der Waals surface area contributed by atoms with Crippen LogP contribution in [0.3, 0.4) is 0 Å². The zero-order chi connectivity index (χ0) is 11.3. The summed E-state index contributed by atoms with van der Waals surface area (Å²) in [5.74, 6) is -0.159. The zero-order valence-electron chi connectivity index (χ0n) is 8.86. The maximum absolute atomic E-state index is 10.4. The molecule has 80 valence electrons. The average molecular weight is 222 g/mol. The number of hydrogen-bond acceptors (Lipinski definition) is 2. The summed E-state index contributed by atoms with van der Waals surface area (Å²) in [5, 5.41) is 8.54. The molecule has 0 heterocycles. The van der Waals surface area contributed by atoms with Crippen LogP contribution in [0.25, 0.3) is 0 Å². The van der Waals surface area contributed by atoms with E-state index in [9.17, 15) is 4.79 Å². The predicted octanol–water partition coefficient (Wildman–Crippen LogP) is 3.12. The average Bonchev–Trinajstić information content (AvgIpc) is 2.14. The lowest BCUT2D eigenvalue weighted by atomic mass is 10.2. The molecule has 0 bridgehead atoms. The molecule has 0 amide bonds. The number of hydrogen-bond donors (Lipinski definition) is 1. The van der Waals surface area contributed by atoms with Gasteiger partial charge in [-0.3, -0.25) is 0 Å². The van der Waals surface area contributed by atoms with Crippen LogP contribution in [0.5, 0.6) is 0 Å². The standard InChI is InChI=1S/C12H14O2S/c1-9-4-3-5-11(6-9)15-8-10(2)7-12(13)14/h3-7H,8H2,1-2H3,(H,13,14). The zero-order valence-corrected chi connectivity index (χ0v) is 9.67.